The molecule has 0 radical (unpaired) electrons. The van der Waals surface area contributed by atoms with Gasteiger partial charge in [0.2, 0.25) is 5.76 Å². The molecule has 0 spiro atoms. The van der Waals surface area contributed by atoms with Crippen molar-refractivity contribution in [3.63, 3.8) is 0 Å². The molecule has 0 aliphatic heterocycles. The SMILES string of the molecule is CCCOC(=O)c1ccc(Sc2ccccc2C(=O)O)o1. The number of carboxylic acids is 1. The Hall–Kier alpha value is -2.21. The molecule has 0 unspecified atom stereocenters. The molecule has 1 aromatic carbocycles. The highest BCUT2D eigenvalue weighted by Gasteiger charge is 2.15. The Morgan fingerprint density at radius 3 is 2.71 bits per heavy atom. The van der Waals surface area contributed by atoms with Gasteiger partial charge in [-0.05, 0) is 30.7 Å². The monoisotopic (exact) mass is 306 g/mol. The van der Waals surface area contributed by atoms with Gasteiger partial charge in [-0.3, -0.25) is 0 Å². The molecule has 1 aromatic heterocycles. The van der Waals surface area contributed by atoms with Crippen LogP contribution in [0.5, 0.6) is 0 Å². The number of furan rings is 1. The molecule has 0 saturated carbocycles. The van der Waals surface area contributed by atoms with E-state index in [0.29, 0.717) is 16.6 Å². The van der Waals surface area contributed by atoms with Crippen molar-refractivity contribution in [2.24, 2.45) is 0 Å². The highest BCUT2D eigenvalue weighted by Crippen LogP contribution is 2.31. The Morgan fingerprint density at radius 1 is 1.24 bits per heavy atom. The zero-order valence-corrected chi connectivity index (χ0v) is 12.2. The van der Waals surface area contributed by atoms with Gasteiger partial charge >= 0.3 is 11.9 Å². The predicted molar refractivity (Wildman–Crippen MR) is 76.8 cm³/mol. The minimum Gasteiger partial charge on any atom is -0.478 e. The first-order valence-electron chi connectivity index (χ1n) is 6.39. The topological polar surface area (TPSA) is 76.7 Å². The second kappa shape index (κ2) is 6.99. The summed E-state index contributed by atoms with van der Waals surface area (Å²) in [5.74, 6) is -1.42. The molecule has 5 nitrogen and oxygen atoms in total. The van der Waals surface area contributed by atoms with Gasteiger partial charge in [0, 0.05) is 4.90 Å². The van der Waals surface area contributed by atoms with Crippen molar-refractivity contribution >= 4 is 23.7 Å². The van der Waals surface area contributed by atoms with Crippen LogP contribution < -0.4 is 0 Å². The van der Waals surface area contributed by atoms with Gasteiger partial charge in [-0.25, -0.2) is 9.59 Å². The quantitative estimate of drug-likeness (QED) is 0.820. The largest absolute Gasteiger partial charge is 0.478 e. The molecule has 0 amide bonds. The maximum Gasteiger partial charge on any atom is 0.374 e. The first-order chi connectivity index (χ1) is 10.1. The number of hydrogen-bond acceptors (Lipinski definition) is 5. The normalized spacial score (nSPS) is 10.3. The van der Waals surface area contributed by atoms with Crippen LogP contribution in [0.25, 0.3) is 0 Å². The summed E-state index contributed by atoms with van der Waals surface area (Å²) in [5.41, 5.74) is 0.189. The fourth-order valence-electron chi connectivity index (χ4n) is 1.59. The lowest BCUT2D eigenvalue weighted by Crippen LogP contribution is -2.04. The third-order valence-electron chi connectivity index (χ3n) is 2.55. The predicted octanol–water partition coefficient (Wildman–Crippen LogP) is 3.70. The smallest absolute Gasteiger partial charge is 0.374 e. The van der Waals surface area contributed by atoms with Crippen molar-refractivity contribution < 1.29 is 23.8 Å². The molecule has 21 heavy (non-hydrogen) atoms. The van der Waals surface area contributed by atoms with Crippen LogP contribution in [0.1, 0.15) is 34.3 Å². The van der Waals surface area contributed by atoms with Gasteiger partial charge in [-0.15, -0.1) is 0 Å². The number of rotatable bonds is 6. The van der Waals surface area contributed by atoms with E-state index in [1.165, 1.54) is 12.1 Å². The van der Waals surface area contributed by atoms with Crippen molar-refractivity contribution in [2.45, 2.75) is 23.3 Å². The van der Waals surface area contributed by atoms with E-state index < -0.39 is 11.9 Å². The average molecular weight is 306 g/mol. The van der Waals surface area contributed by atoms with E-state index in [9.17, 15) is 9.59 Å². The molecule has 0 bridgehead atoms. The number of carboxylic acid groups (broad SMARTS) is 1. The zero-order valence-electron chi connectivity index (χ0n) is 11.4. The summed E-state index contributed by atoms with van der Waals surface area (Å²) in [4.78, 5) is 23.3. The summed E-state index contributed by atoms with van der Waals surface area (Å²) in [6, 6.07) is 9.74. The third-order valence-corrected chi connectivity index (χ3v) is 3.54. The molecule has 0 aliphatic rings. The number of hydrogen-bond donors (Lipinski definition) is 1. The number of carbonyl (C=O) groups is 2. The van der Waals surface area contributed by atoms with Gasteiger partial charge in [0.1, 0.15) is 0 Å². The fraction of sp³-hybridized carbons (Fsp3) is 0.200. The van der Waals surface area contributed by atoms with E-state index in [1.807, 2.05) is 6.92 Å². The minimum absolute atomic E-state index is 0.110. The molecule has 0 saturated heterocycles. The molecule has 110 valence electrons. The number of esters is 1. The van der Waals surface area contributed by atoms with E-state index in [-0.39, 0.29) is 11.3 Å². The molecule has 0 atom stereocenters. The Bertz CT molecular complexity index is 647. The second-order valence-corrected chi connectivity index (χ2v) is 5.20. The summed E-state index contributed by atoms with van der Waals surface area (Å²) >= 11 is 1.15. The summed E-state index contributed by atoms with van der Waals surface area (Å²) in [6.07, 6.45) is 0.736. The number of aromatic carboxylic acids is 1. The van der Waals surface area contributed by atoms with Crippen molar-refractivity contribution in [3.8, 4) is 0 Å². The van der Waals surface area contributed by atoms with Crippen LogP contribution in [0.2, 0.25) is 0 Å². The first kappa shape index (κ1) is 15.2. The van der Waals surface area contributed by atoms with Crippen LogP contribution in [0.15, 0.2) is 50.8 Å². The second-order valence-electron chi connectivity index (χ2n) is 4.16. The van der Waals surface area contributed by atoms with Crippen LogP contribution >= 0.6 is 11.8 Å². The van der Waals surface area contributed by atoms with E-state index in [2.05, 4.69) is 0 Å². The zero-order chi connectivity index (χ0) is 15.2. The van der Waals surface area contributed by atoms with E-state index >= 15 is 0 Å². The lowest BCUT2D eigenvalue weighted by atomic mass is 10.2. The molecular formula is C15H14O5S. The van der Waals surface area contributed by atoms with Crippen molar-refractivity contribution in [1.29, 1.82) is 0 Å². The van der Waals surface area contributed by atoms with E-state index in [0.717, 1.165) is 18.2 Å². The van der Waals surface area contributed by atoms with Crippen molar-refractivity contribution in [2.75, 3.05) is 6.61 Å². The van der Waals surface area contributed by atoms with Gasteiger partial charge in [0.25, 0.3) is 0 Å². The maximum absolute atomic E-state index is 11.6. The number of ether oxygens (including phenoxy) is 1. The van der Waals surface area contributed by atoms with Gasteiger partial charge in [-0.1, -0.05) is 30.8 Å². The standard InChI is InChI=1S/C15H14O5S/c1-2-9-19-15(18)11-7-8-13(20-11)21-12-6-4-3-5-10(12)14(16)17/h3-8H,2,9H2,1H3,(H,16,17). The van der Waals surface area contributed by atoms with Crippen LogP contribution in [0.4, 0.5) is 0 Å². The van der Waals surface area contributed by atoms with E-state index in [1.54, 1.807) is 24.3 Å². The Kier molecular flexibility index (Phi) is 5.05. The number of benzene rings is 1. The van der Waals surface area contributed by atoms with Crippen LogP contribution in [-0.4, -0.2) is 23.7 Å². The van der Waals surface area contributed by atoms with Crippen molar-refractivity contribution in [1.82, 2.24) is 0 Å². The first-order valence-corrected chi connectivity index (χ1v) is 7.20. The third kappa shape index (κ3) is 3.88. The Balaban J connectivity index is 2.13. The van der Waals surface area contributed by atoms with Crippen LogP contribution in [-0.2, 0) is 4.74 Å². The Labute approximate surface area is 125 Å². The highest BCUT2D eigenvalue weighted by molar-refractivity contribution is 7.99. The molecule has 0 aliphatic carbocycles. The molecule has 0 fully saturated rings. The van der Waals surface area contributed by atoms with Crippen LogP contribution in [0, 0.1) is 0 Å². The van der Waals surface area contributed by atoms with E-state index in [4.69, 9.17) is 14.3 Å². The van der Waals surface area contributed by atoms with Gasteiger partial charge in [0.05, 0.1) is 12.2 Å². The molecular weight excluding hydrogens is 292 g/mol. The van der Waals surface area contributed by atoms with Gasteiger partial charge in [0.15, 0.2) is 5.09 Å². The lowest BCUT2D eigenvalue weighted by molar-refractivity contribution is 0.0462. The number of carbonyl (C=O) groups excluding carboxylic acids is 1. The average Bonchev–Trinajstić information content (AvgIpc) is 2.93. The van der Waals surface area contributed by atoms with Crippen LogP contribution in [0.3, 0.4) is 0 Å². The summed E-state index contributed by atoms with van der Waals surface area (Å²) in [6.45, 7) is 2.24. The maximum atomic E-state index is 11.6. The molecule has 2 aromatic rings. The lowest BCUT2D eigenvalue weighted by Gasteiger charge is -2.03. The fourth-order valence-corrected chi connectivity index (χ4v) is 2.49. The van der Waals surface area contributed by atoms with Gasteiger partial charge < -0.3 is 14.3 Å². The molecule has 6 heteroatoms. The Morgan fingerprint density at radius 2 is 2.00 bits per heavy atom. The molecule has 2 rings (SSSR count). The van der Waals surface area contributed by atoms with Gasteiger partial charge in [-0.2, -0.15) is 0 Å². The summed E-state index contributed by atoms with van der Waals surface area (Å²) < 4.78 is 10.3. The van der Waals surface area contributed by atoms with Crippen molar-refractivity contribution in [3.05, 3.63) is 47.7 Å². The molecule has 1 heterocycles. The highest BCUT2D eigenvalue weighted by atomic mass is 32.2. The summed E-state index contributed by atoms with van der Waals surface area (Å²) in [7, 11) is 0. The minimum atomic E-state index is -1.01. The molecule has 1 N–H and O–H groups in total. The summed E-state index contributed by atoms with van der Waals surface area (Å²) in [5, 5.41) is 9.55.